The summed E-state index contributed by atoms with van der Waals surface area (Å²) in [6, 6.07) is 13.4. The number of benzene rings is 1. The molecule has 1 aromatic carbocycles. The van der Waals surface area contributed by atoms with E-state index in [0.717, 1.165) is 27.7 Å². The highest BCUT2D eigenvalue weighted by Gasteiger charge is 2.21. The molecule has 6 heteroatoms. The van der Waals surface area contributed by atoms with E-state index < -0.39 is 0 Å². The number of aromatic nitrogens is 2. The fourth-order valence-electron chi connectivity index (χ4n) is 2.71. The maximum absolute atomic E-state index is 12.7. The van der Waals surface area contributed by atoms with Gasteiger partial charge in [-0.2, -0.15) is 0 Å². The smallest absolute Gasteiger partial charge is 0.228 e. The number of rotatable bonds is 6. The minimum Gasteiger partial charge on any atom is -0.496 e. The number of carbonyl (C=O) groups excluding carboxylic acids is 1. The Balaban J connectivity index is 1.71. The molecule has 0 saturated heterocycles. The van der Waals surface area contributed by atoms with Crippen LogP contribution in [0.2, 0.25) is 0 Å². The maximum atomic E-state index is 12.7. The predicted molar refractivity (Wildman–Crippen MR) is 103 cm³/mol. The molecule has 0 aliphatic rings. The second-order valence-electron chi connectivity index (χ2n) is 5.96. The summed E-state index contributed by atoms with van der Waals surface area (Å²) in [5.74, 6) is 0.798. The van der Waals surface area contributed by atoms with Crippen molar-refractivity contribution >= 4 is 17.2 Å². The second-order valence-corrected chi connectivity index (χ2v) is 6.82. The first-order valence-electron chi connectivity index (χ1n) is 8.34. The van der Waals surface area contributed by atoms with E-state index in [-0.39, 0.29) is 18.4 Å². The van der Waals surface area contributed by atoms with Crippen LogP contribution in [0, 0.1) is 0 Å². The standard InChI is InChI=1S/C20H21N3O2S/c1-14(16-8-4-5-10-18(16)25-3)23(2)19(24)12-15-13-26-20(22-15)17-9-6-7-11-21-17/h4-11,13-14H,12H2,1-3H3. The average Bonchev–Trinajstić information content (AvgIpc) is 3.16. The number of carbonyl (C=O) groups is 1. The molecule has 0 aliphatic carbocycles. The number of pyridine rings is 1. The van der Waals surface area contributed by atoms with Crippen LogP contribution < -0.4 is 4.74 Å². The van der Waals surface area contributed by atoms with Gasteiger partial charge in [0.2, 0.25) is 5.91 Å². The first-order chi connectivity index (χ1) is 12.6. The number of thiazole rings is 1. The highest BCUT2D eigenvalue weighted by atomic mass is 32.1. The molecular weight excluding hydrogens is 346 g/mol. The van der Waals surface area contributed by atoms with Gasteiger partial charge in [-0.1, -0.05) is 24.3 Å². The van der Waals surface area contributed by atoms with E-state index in [0.29, 0.717) is 0 Å². The molecule has 0 radical (unpaired) electrons. The van der Waals surface area contributed by atoms with Gasteiger partial charge in [0.05, 0.1) is 31.0 Å². The highest BCUT2D eigenvalue weighted by molar-refractivity contribution is 7.13. The lowest BCUT2D eigenvalue weighted by Gasteiger charge is -2.26. The number of hydrogen-bond donors (Lipinski definition) is 0. The number of nitrogens with zero attached hydrogens (tertiary/aromatic N) is 3. The van der Waals surface area contributed by atoms with Crippen molar-refractivity contribution in [1.29, 1.82) is 0 Å². The van der Waals surface area contributed by atoms with Crippen molar-refractivity contribution in [3.05, 3.63) is 65.3 Å². The molecule has 1 unspecified atom stereocenters. The van der Waals surface area contributed by atoms with Gasteiger partial charge >= 0.3 is 0 Å². The molecule has 1 amide bonds. The molecule has 0 saturated carbocycles. The summed E-state index contributed by atoms with van der Waals surface area (Å²) in [5, 5.41) is 2.75. The molecular formula is C20H21N3O2S. The van der Waals surface area contributed by atoms with Gasteiger partial charge in [0.15, 0.2) is 0 Å². The zero-order chi connectivity index (χ0) is 18.5. The zero-order valence-corrected chi connectivity index (χ0v) is 15.9. The third-order valence-electron chi connectivity index (χ3n) is 4.33. The van der Waals surface area contributed by atoms with Gasteiger partial charge in [-0.3, -0.25) is 9.78 Å². The van der Waals surface area contributed by atoms with Crippen molar-refractivity contribution in [2.45, 2.75) is 19.4 Å². The van der Waals surface area contributed by atoms with E-state index in [4.69, 9.17) is 4.74 Å². The van der Waals surface area contributed by atoms with Crippen LogP contribution in [0.25, 0.3) is 10.7 Å². The van der Waals surface area contributed by atoms with Crippen LogP contribution in [-0.4, -0.2) is 34.9 Å². The van der Waals surface area contributed by atoms with Gasteiger partial charge in [-0.25, -0.2) is 4.98 Å². The number of methoxy groups -OCH3 is 1. The number of amides is 1. The van der Waals surface area contributed by atoms with Crippen LogP contribution in [0.5, 0.6) is 5.75 Å². The molecule has 0 spiro atoms. The summed E-state index contributed by atoms with van der Waals surface area (Å²) in [5.41, 5.74) is 2.57. The second kappa shape index (κ2) is 8.10. The SMILES string of the molecule is COc1ccccc1C(C)N(C)C(=O)Cc1csc(-c2ccccn2)n1. The van der Waals surface area contributed by atoms with Crippen LogP contribution in [0.1, 0.15) is 24.2 Å². The topological polar surface area (TPSA) is 55.3 Å². The Hall–Kier alpha value is -2.73. The van der Waals surface area contributed by atoms with E-state index in [1.807, 2.05) is 61.8 Å². The van der Waals surface area contributed by atoms with Crippen LogP contribution >= 0.6 is 11.3 Å². The van der Waals surface area contributed by atoms with Crippen LogP contribution in [-0.2, 0) is 11.2 Å². The number of hydrogen-bond acceptors (Lipinski definition) is 5. The molecule has 3 rings (SSSR count). The Bertz CT molecular complexity index is 880. The van der Waals surface area contributed by atoms with Crippen molar-refractivity contribution < 1.29 is 9.53 Å². The predicted octanol–water partition coefficient (Wildman–Crippen LogP) is 3.98. The van der Waals surface area contributed by atoms with E-state index in [1.165, 1.54) is 11.3 Å². The highest BCUT2D eigenvalue weighted by Crippen LogP contribution is 2.29. The summed E-state index contributed by atoms with van der Waals surface area (Å²) in [6.45, 7) is 2.00. The fraction of sp³-hybridized carbons (Fsp3) is 0.250. The summed E-state index contributed by atoms with van der Waals surface area (Å²) < 4.78 is 5.41. The van der Waals surface area contributed by atoms with Crippen molar-refractivity contribution in [3.63, 3.8) is 0 Å². The van der Waals surface area contributed by atoms with Crippen molar-refractivity contribution in [2.24, 2.45) is 0 Å². The Morgan fingerprint density at radius 3 is 2.73 bits per heavy atom. The molecule has 5 nitrogen and oxygen atoms in total. The van der Waals surface area contributed by atoms with Crippen LogP contribution in [0.3, 0.4) is 0 Å². The molecule has 2 aromatic heterocycles. The third kappa shape index (κ3) is 3.91. The first-order valence-corrected chi connectivity index (χ1v) is 9.22. The molecule has 0 fully saturated rings. The Morgan fingerprint density at radius 2 is 2.00 bits per heavy atom. The van der Waals surface area contributed by atoms with E-state index >= 15 is 0 Å². The van der Waals surface area contributed by atoms with Gasteiger partial charge in [0.1, 0.15) is 10.8 Å². The number of likely N-dealkylation sites (N-methyl/N-ethyl adjacent to an activating group) is 1. The van der Waals surface area contributed by atoms with Crippen LogP contribution in [0.4, 0.5) is 0 Å². The number of para-hydroxylation sites is 1. The van der Waals surface area contributed by atoms with Gasteiger partial charge < -0.3 is 9.64 Å². The fourth-order valence-corrected chi connectivity index (χ4v) is 3.51. The van der Waals surface area contributed by atoms with Gasteiger partial charge in [0.25, 0.3) is 0 Å². The Morgan fingerprint density at radius 1 is 1.23 bits per heavy atom. The minimum atomic E-state index is -0.0902. The molecule has 26 heavy (non-hydrogen) atoms. The van der Waals surface area contributed by atoms with Crippen molar-refractivity contribution in [2.75, 3.05) is 14.2 Å². The monoisotopic (exact) mass is 367 g/mol. The molecule has 2 heterocycles. The summed E-state index contributed by atoms with van der Waals surface area (Å²) >= 11 is 1.50. The van der Waals surface area contributed by atoms with E-state index in [1.54, 1.807) is 18.2 Å². The third-order valence-corrected chi connectivity index (χ3v) is 5.25. The lowest BCUT2D eigenvalue weighted by atomic mass is 10.1. The quantitative estimate of drug-likeness (QED) is 0.661. The Kier molecular flexibility index (Phi) is 5.63. The molecule has 3 aromatic rings. The normalized spacial score (nSPS) is 11.8. The lowest BCUT2D eigenvalue weighted by molar-refractivity contribution is -0.131. The zero-order valence-electron chi connectivity index (χ0n) is 15.0. The van der Waals surface area contributed by atoms with E-state index in [9.17, 15) is 4.79 Å². The van der Waals surface area contributed by atoms with Crippen molar-refractivity contribution in [1.82, 2.24) is 14.9 Å². The molecule has 134 valence electrons. The van der Waals surface area contributed by atoms with E-state index in [2.05, 4.69) is 9.97 Å². The summed E-state index contributed by atoms with van der Waals surface area (Å²) in [7, 11) is 3.45. The summed E-state index contributed by atoms with van der Waals surface area (Å²) in [6.07, 6.45) is 2.00. The van der Waals surface area contributed by atoms with Gasteiger partial charge in [-0.15, -0.1) is 11.3 Å². The van der Waals surface area contributed by atoms with Crippen LogP contribution in [0.15, 0.2) is 54.0 Å². The molecule has 1 atom stereocenters. The minimum absolute atomic E-state index is 0.0151. The Labute approximate surface area is 157 Å². The molecule has 0 aliphatic heterocycles. The van der Waals surface area contributed by atoms with Gasteiger partial charge in [0, 0.05) is 24.2 Å². The maximum Gasteiger partial charge on any atom is 0.228 e. The van der Waals surface area contributed by atoms with Crippen molar-refractivity contribution in [3.8, 4) is 16.5 Å². The lowest BCUT2D eigenvalue weighted by Crippen LogP contribution is -2.31. The summed E-state index contributed by atoms with van der Waals surface area (Å²) in [4.78, 5) is 23.3. The average molecular weight is 367 g/mol. The number of ether oxygens (including phenoxy) is 1. The van der Waals surface area contributed by atoms with Gasteiger partial charge in [-0.05, 0) is 25.1 Å². The first kappa shape index (κ1) is 18.1. The molecule has 0 N–H and O–H groups in total. The largest absolute Gasteiger partial charge is 0.496 e. The molecule has 0 bridgehead atoms.